The zero-order valence-electron chi connectivity index (χ0n) is 14.5. The van der Waals surface area contributed by atoms with E-state index in [-0.39, 0.29) is 0 Å². The SMILES string of the molecule is C/C(=C\c1ccc2ccc3cccc4ccc1c2c34)c1ccc(Cl)cc1. The van der Waals surface area contributed by atoms with Gasteiger partial charge in [-0.2, -0.15) is 0 Å². The lowest BCUT2D eigenvalue weighted by molar-refractivity contribution is 1.58. The highest BCUT2D eigenvalue weighted by Gasteiger charge is 2.10. The van der Waals surface area contributed by atoms with Crippen molar-refractivity contribution in [3.8, 4) is 0 Å². The molecule has 0 unspecified atom stereocenters. The van der Waals surface area contributed by atoms with Gasteiger partial charge >= 0.3 is 0 Å². The maximum atomic E-state index is 6.02. The average molecular weight is 353 g/mol. The second-order valence-corrected chi connectivity index (χ2v) is 7.28. The summed E-state index contributed by atoms with van der Waals surface area (Å²) in [5, 5.41) is 8.70. The molecule has 0 aliphatic rings. The Kier molecular flexibility index (Phi) is 3.48. The minimum atomic E-state index is 0.768. The van der Waals surface area contributed by atoms with E-state index in [2.05, 4.69) is 79.7 Å². The van der Waals surface area contributed by atoms with Crippen LogP contribution in [0.2, 0.25) is 5.02 Å². The summed E-state index contributed by atoms with van der Waals surface area (Å²) >= 11 is 6.02. The van der Waals surface area contributed by atoms with Crippen molar-refractivity contribution in [3.05, 3.63) is 95.0 Å². The summed E-state index contributed by atoms with van der Waals surface area (Å²) in [5.41, 5.74) is 3.68. The third-order valence-corrected chi connectivity index (χ3v) is 5.49. The number of benzene rings is 5. The average Bonchev–Trinajstić information content (AvgIpc) is 2.67. The molecule has 0 saturated heterocycles. The minimum absolute atomic E-state index is 0.768. The molecule has 0 saturated carbocycles. The Bertz CT molecular complexity index is 1260. The fourth-order valence-electron chi connectivity index (χ4n) is 3.91. The normalized spacial score (nSPS) is 12.5. The Labute approximate surface area is 157 Å². The maximum Gasteiger partial charge on any atom is 0.0406 e. The van der Waals surface area contributed by atoms with Crippen molar-refractivity contribution in [2.75, 3.05) is 0 Å². The summed E-state index contributed by atoms with van der Waals surface area (Å²) in [5.74, 6) is 0. The van der Waals surface area contributed by atoms with E-state index in [1.807, 2.05) is 12.1 Å². The number of rotatable bonds is 2. The van der Waals surface area contributed by atoms with Gasteiger partial charge in [0.25, 0.3) is 0 Å². The van der Waals surface area contributed by atoms with E-state index < -0.39 is 0 Å². The Morgan fingerprint density at radius 1 is 0.692 bits per heavy atom. The molecule has 0 amide bonds. The largest absolute Gasteiger partial charge is 0.0843 e. The van der Waals surface area contributed by atoms with Gasteiger partial charge in [0.05, 0.1) is 0 Å². The van der Waals surface area contributed by atoms with Crippen LogP contribution in [-0.4, -0.2) is 0 Å². The lowest BCUT2D eigenvalue weighted by Gasteiger charge is -2.13. The van der Waals surface area contributed by atoms with Crippen LogP contribution in [0.1, 0.15) is 18.1 Å². The lowest BCUT2D eigenvalue weighted by Crippen LogP contribution is -1.87. The summed E-state index contributed by atoms with van der Waals surface area (Å²) in [7, 11) is 0. The van der Waals surface area contributed by atoms with Crippen molar-refractivity contribution in [1.82, 2.24) is 0 Å². The zero-order chi connectivity index (χ0) is 17.7. The first-order valence-corrected chi connectivity index (χ1v) is 9.19. The van der Waals surface area contributed by atoms with Crippen LogP contribution in [0.4, 0.5) is 0 Å². The molecule has 1 heteroatoms. The molecular formula is C25H17Cl. The van der Waals surface area contributed by atoms with Crippen LogP contribution >= 0.6 is 11.6 Å². The van der Waals surface area contributed by atoms with Crippen LogP contribution in [0.25, 0.3) is 44.0 Å². The lowest BCUT2D eigenvalue weighted by atomic mass is 9.91. The summed E-state index contributed by atoms with van der Waals surface area (Å²) in [6.07, 6.45) is 2.27. The van der Waals surface area contributed by atoms with Gasteiger partial charge in [0.1, 0.15) is 0 Å². The minimum Gasteiger partial charge on any atom is -0.0843 e. The van der Waals surface area contributed by atoms with Crippen molar-refractivity contribution >= 4 is 55.6 Å². The van der Waals surface area contributed by atoms with Crippen molar-refractivity contribution in [3.63, 3.8) is 0 Å². The molecule has 5 aromatic rings. The van der Waals surface area contributed by atoms with Crippen LogP contribution in [0.5, 0.6) is 0 Å². The molecular weight excluding hydrogens is 336 g/mol. The first kappa shape index (κ1) is 15.4. The molecule has 0 aliphatic heterocycles. The molecule has 0 nitrogen and oxygen atoms in total. The highest BCUT2D eigenvalue weighted by molar-refractivity contribution is 6.30. The van der Waals surface area contributed by atoms with E-state index in [4.69, 9.17) is 11.6 Å². The van der Waals surface area contributed by atoms with Crippen LogP contribution in [0.3, 0.4) is 0 Å². The highest BCUT2D eigenvalue weighted by Crippen LogP contribution is 2.36. The number of hydrogen-bond acceptors (Lipinski definition) is 0. The summed E-state index contributed by atoms with van der Waals surface area (Å²) in [6, 6.07) is 28.0. The van der Waals surface area contributed by atoms with Crippen LogP contribution < -0.4 is 0 Å². The van der Waals surface area contributed by atoms with Gasteiger partial charge < -0.3 is 0 Å². The molecule has 124 valence electrons. The first-order valence-electron chi connectivity index (χ1n) is 8.81. The van der Waals surface area contributed by atoms with Crippen molar-refractivity contribution in [1.29, 1.82) is 0 Å². The standard InChI is InChI=1S/C25H17Cl/c1-16(17-9-12-22(26)13-10-17)15-21-8-7-20-6-5-18-3-2-4-19-11-14-23(21)25(20)24(18)19/h2-15H,1H3/b16-15+. The van der Waals surface area contributed by atoms with Crippen LogP contribution in [-0.2, 0) is 0 Å². The topological polar surface area (TPSA) is 0 Å². The van der Waals surface area contributed by atoms with Crippen LogP contribution in [0, 0.1) is 0 Å². The number of hydrogen-bond donors (Lipinski definition) is 0. The Morgan fingerprint density at radius 2 is 1.31 bits per heavy atom. The van der Waals surface area contributed by atoms with Gasteiger partial charge in [0.15, 0.2) is 0 Å². The van der Waals surface area contributed by atoms with Crippen LogP contribution in [0.15, 0.2) is 78.9 Å². The summed E-state index contributed by atoms with van der Waals surface area (Å²) < 4.78 is 0. The Hall–Kier alpha value is -2.83. The van der Waals surface area contributed by atoms with E-state index >= 15 is 0 Å². The second-order valence-electron chi connectivity index (χ2n) is 6.85. The third-order valence-electron chi connectivity index (χ3n) is 5.23. The predicted molar refractivity (Wildman–Crippen MR) is 115 cm³/mol. The Balaban J connectivity index is 1.78. The molecule has 0 atom stereocenters. The van der Waals surface area contributed by atoms with Gasteiger partial charge in [-0.15, -0.1) is 0 Å². The number of allylic oxidation sites excluding steroid dienone is 1. The molecule has 0 aliphatic carbocycles. The van der Waals surface area contributed by atoms with Gasteiger partial charge in [-0.25, -0.2) is 0 Å². The Morgan fingerprint density at radius 3 is 2.04 bits per heavy atom. The molecule has 0 radical (unpaired) electrons. The maximum absolute atomic E-state index is 6.02. The van der Waals surface area contributed by atoms with Gasteiger partial charge in [-0.1, -0.05) is 84.4 Å². The fourth-order valence-corrected chi connectivity index (χ4v) is 4.04. The predicted octanol–water partition coefficient (Wildman–Crippen LogP) is 7.80. The van der Waals surface area contributed by atoms with Gasteiger partial charge in [-0.3, -0.25) is 0 Å². The highest BCUT2D eigenvalue weighted by atomic mass is 35.5. The molecule has 0 spiro atoms. The monoisotopic (exact) mass is 352 g/mol. The number of halogens is 1. The van der Waals surface area contributed by atoms with Gasteiger partial charge in [0.2, 0.25) is 0 Å². The summed E-state index contributed by atoms with van der Waals surface area (Å²) in [6.45, 7) is 2.15. The van der Waals surface area contributed by atoms with Gasteiger partial charge in [-0.05, 0) is 68.1 Å². The van der Waals surface area contributed by atoms with E-state index in [0.717, 1.165) is 5.02 Å². The second kappa shape index (κ2) is 5.86. The van der Waals surface area contributed by atoms with Crippen molar-refractivity contribution < 1.29 is 0 Å². The fraction of sp³-hybridized carbons (Fsp3) is 0.0400. The van der Waals surface area contributed by atoms with E-state index in [0.29, 0.717) is 0 Å². The molecule has 26 heavy (non-hydrogen) atoms. The quantitative estimate of drug-likeness (QED) is 0.224. The molecule has 0 aromatic heterocycles. The third kappa shape index (κ3) is 2.38. The molecule has 0 heterocycles. The van der Waals surface area contributed by atoms with E-state index in [1.165, 1.54) is 49.0 Å². The molecule has 5 aromatic carbocycles. The first-order chi connectivity index (χ1) is 12.7. The van der Waals surface area contributed by atoms with E-state index in [9.17, 15) is 0 Å². The molecule has 0 N–H and O–H groups in total. The molecule has 0 fully saturated rings. The zero-order valence-corrected chi connectivity index (χ0v) is 15.2. The van der Waals surface area contributed by atoms with Gasteiger partial charge in [0, 0.05) is 5.02 Å². The molecule has 5 rings (SSSR count). The van der Waals surface area contributed by atoms with E-state index in [1.54, 1.807) is 0 Å². The molecule has 0 bridgehead atoms. The van der Waals surface area contributed by atoms with Crippen molar-refractivity contribution in [2.24, 2.45) is 0 Å². The smallest absolute Gasteiger partial charge is 0.0406 e. The van der Waals surface area contributed by atoms with Crippen molar-refractivity contribution in [2.45, 2.75) is 6.92 Å². The summed E-state index contributed by atoms with van der Waals surface area (Å²) in [4.78, 5) is 0.